The van der Waals surface area contributed by atoms with Gasteiger partial charge in [0.25, 0.3) is 0 Å². The van der Waals surface area contributed by atoms with Crippen molar-refractivity contribution in [1.29, 1.82) is 0 Å². The third kappa shape index (κ3) is 26.4. The van der Waals surface area contributed by atoms with Crippen molar-refractivity contribution in [3.8, 4) is 23.0 Å². The summed E-state index contributed by atoms with van der Waals surface area (Å²) < 4.78 is 49.8. The molecule has 8 bridgehead atoms. The highest BCUT2D eigenvalue weighted by Crippen LogP contribution is 2.42. The largest absolute Gasteiger partial charge is 0.489 e. The molecule has 0 saturated heterocycles. The quantitative estimate of drug-likeness (QED) is 0.00881. The van der Waals surface area contributed by atoms with Crippen LogP contribution < -0.4 is 18.9 Å². The molecule has 0 aliphatic heterocycles. The maximum Gasteiger partial charge on any atom is 0.333 e. The average Bonchev–Trinajstić information content (AvgIpc) is 0.773. The second-order valence-electron chi connectivity index (χ2n) is 25.6. The summed E-state index contributed by atoms with van der Waals surface area (Å²) >= 11 is 0. The Morgan fingerprint density at radius 3 is 0.745 bits per heavy atom. The molecule has 98 heavy (non-hydrogen) atoms. The number of carbonyl (C=O) groups excluding carboxylic acids is 9. The zero-order chi connectivity index (χ0) is 71.5. The van der Waals surface area contributed by atoms with Gasteiger partial charge in [-0.05, 0) is 139 Å². The van der Waals surface area contributed by atoms with Crippen molar-refractivity contribution in [2.24, 2.45) is 0 Å². The summed E-state index contributed by atoms with van der Waals surface area (Å²) in [6.45, 7) is 24.4. The number of rotatable bonds is 46. The predicted octanol–water partition coefficient (Wildman–Crippen LogP) is 16.8. The fraction of sp³-hybridized carbons (Fsp3) is 0.519. The van der Waals surface area contributed by atoms with Crippen molar-refractivity contribution in [1.82, 2.24) is 0 Å². The van der Waals surface area contributed by atoms with Crippen molar-refractivity contribution in [2.75, 3.05) is 52.9 Å². The lowest BCUT2D eigenvalue weighted by Crippen LogP contribution is -2.18. The van der Waals surface area contributed by atoms with E-state index < -0.39 is 30.3 Å². The molecule has 0 spiro atoms. The van der Waals surface area contributed by atoms with Gasteiger partial charge in [0.05, 0.1) is 0 Å². The summed E-state index contributed by atoms with van der Waals surface area (Å²) in [6.07, 6.45) is 13.9. The van der Waals surface area contributed by atoms with E-state index in [1.54, 1.807) is 62.4 Å². The number of carbonyl (C=O) groups is 9. The molecule has 0 N–H and O–H groups in total. The fourth-order valence-corrected chi connectivity index (χ4v) is 11.5. The maximum atomic E-state index is 14.9. The van der Waals surface area contributed by atoms with Crippen LogP contribution in [0.25, 0.3) is 0 Å². The molecule has 0 amide bonds. The van der Waals surface area contributed by atoms with E-state index in [0.717, 1.165) is 77.0 Å². The monoisotopic (exact) mass is 1350 g/mol. The summed E-state index contributed by atoms with van der Waals surface area (Å²) in [6, 6.07) is 14.3. The lowest BCUT2D eigenvalue weighted by atomic mass is 9.86. The van der Waals surface area contributed by atoms with Crippen molar-refractivity contribution in [3.05, 3.63) is 152 Å². The molecule has 1 aliphatic rings. The number of Topliss-reactive ketones (excluding diaryl/α,β-unsaturated/α-hetero) is 5. The number of hydrogen-bond donors (Lipinski definition) is 0. The van der Waals surface area contributed by atoms with Gasteiger partial charge >= 0.3 is 23.9 Å². The second-order valence-corrected chi connectivity index (χ2v) is 25.6. The van der Waals surface area contributed by atoms with Crippen LogP contribution in [0, 0.1) is 0 Å². The van der Waals surface area contributed by atoms with E-state index in [-0.39, 0.29) is 162 Å². The van der Waals surface area contributed by atoms with Crippen LogP contribution in [-0.2, 0) is 68.6 Å². The average molecular weight is 1350 g/mol. The molecule has 0 unspecified atom stereocenters. The first kappa shape index (κ1) is 80.2. The van der Waals surface area contributed by atoms with Gasteiger partial charge in [-0.2, -0.15) is 0 Å². The van der Waals surface area contributed by atoms with Gasteiger partial charge in [-0.1, -0.05) is 131 Å². The van der Waals surface area contributed by atoms with E-state index in [9.17, 15) is 43.2 Å². The minimum atomic E-state index is -0.724. The normalized spacial score (nSPS) is 11.6. The minimum absolute atomic E-state index is 0.0363. The Hall–Kier alpha value is -8.47. The number of fused-ring (bicyclic) bond motifs is 8. The number of hydrogen-bond acceptors (Lipinski definition) is 17. The van der Waals surface area contributed by atoms with E-state index >= 15 is 0 Å². The molecule has 0 aromatic heterocycles. The van der Waals surface area contributed by atoms with Crippen LogP contribution >= 0.6 is 0 Å². The van der Waals surface area contributed by atoms with Crippen LogP contribution in [0.2, 0.25) is 0 Å². The summed E-state index contributed by atoms with van der Waals surface area (Å²) in [4.78, 5) is 124. The van der Waals surface area contributed by atoms with Gasteiger partial charge in [0.1, 0.15) is 88.1 Å². The third-order valence-electron chi connectivity index (χ3n) is 16.9. The van der Waals surface area contributed by atoms with E-state index in [2.05, 4.69) is 47.4 Å². The summed E-state index contributed by atoms with van der Waals surface area (Å²) in [5, 5.41) is 0. The first-order valence-corrected chi connectivity index (χ1v) is 35.5. The Labute approximate surface area is 581 Å². The van der Waals surface area contributed by atoms with Crippen LogP contribution in [0.3, 0.4) is 0 Å². The van der Waals surface area contributed by atoms with Gasteiger partial charge in [-0.25, -0.2) is 14.4 Å². The van der Waals surface area contributed by atoms with Crippen molar-refractivity contribution >= 4 is 52.8 Å². The van der Waals surface area contributed by atoms with Gasteiger partial charge in [-0.15, -0.1) is 0 Å². The van der Waals surface area contributed by atoms with E-state index in [4.69, 9.17) is 37.9 Å². The molecule has 0 atom stereocenters. The number of esters is 4. The minimum Gasteiger partial charge on any atom is -0.489 e. The van der Waals surface area contributed by atoms with Crippen LogP contribution in [0.15, 0.2) is 85.0 Å². The number of benzene rings is 4. The Morgan fingerprint density at radius 1 is 0.316 bits per heavy atom. The summed E-state index contributed by atoms with van der Waals surface area (Å²) in [7, 11) is 0. The molecule has 17 nitrogen and oxygen atoms in total. The van der Waals surface area contributed by atoms with Gasteiger partial charge in [0.15, 0.2) is 23.1 Å². The van der Waals surface area contributed by atoms with Crippen LogP contribution in [-0.4, -0.2) is 106 Å². The Balaban J connectivity index is 2.03. The second kappa shape index (κ2) is 43.0. The molecule has 0 saturated carbocycles. The number of unbranched alkanes of at least 4 members (excludes halogenated alkanes) is 12. The summed E-state index contributed by atoms with van der Waals surface area (Å²) in [5.41, 5.74) is 5.88. The fourth-order valence-electron chi connectivity index (χ4n) is 11.5. The van der Waals surface area contributed by atoms with Gasteiger partial charge in [-0.3, -0.25) is 28.8 Å². The third-order valence-corrected chi connectivity index (χ3v) is 16.9. The molecule has 0 heterocycles. The first-order chi connectivity index (χ1) is 47.1. The van der Waals surface area contributed by atoms with Crippen molar-refractivity contribution in [2.45, 2.75) is 222 Å². The molecule has 0 radical (unpaired) electrons. The van der Waals surface area contributed by atoms with E-state index in [0.29, 0.717) is 110 Å². The van der Waals surface area contributed by atoms with Gasteiger partial charge in [0, 0.05) is 96.8 Å². The topological polar surface area (TPSA) is 227 Å². The lowest BCUT2D eigenvalue weighted by Gasteiger charge is -2.25. The van der Waals surface area contributed by atoms with Crippen LogP contribution in [0.4, 0.5) is 0 Å². The molecule has 0 fully saturated rings. The van der Waals surface area contributed by atoms with Crippen LogP contribution in [0.5, 0.6) is 23.0 Å². The molecule has 1 aliphatic carbocycles. The molecule has 4 aromatic rings. The highest BCUT2D eigenvalue weighted by atomic mass is 16.6. The number of ether oxygens (including phenoxy) is 8. The lowest BCUT2D eigenvalue weighted by molar-refractivity contribution is -0.147. The molecule has 5 rings (SSSR count). The predicted molar refractivity (Wildman–Crippen MR) is 380 cm³/mol. The first-order valence-electron chi connectivity index (χ1n) is 35.5. The van der Waals surface area contributed by atoms with E-state index in [1.807, 2.05) is 0 Å². The van der Waals surface area contributed by atoms with Crippen molar-refractivity contribution in [3.63, 3.8) is 0 Å². The zero-order valence-electron chi connectivity index (χ0n) is 59.7. The smallest absolute Gasteiger partial charge is 0.333 e. The molecular weight excluding hydrogens is 1240 g/mol. The van der Waals surface area contributed by atoms with E-state index in [1.165, 1.54) is 13.8 Å². The maximum absolute atomic E-state index is 14.9. The van der Waals surface area contributed by atoms with Gasteiger partial charge in [0.2, 0.25) is 0 Å². The van der Waals surface area contributed by atoms with Crippen LogP contribution in [0.1, 0.15) is 283 Å². The molecule has 4 aromatic carbocycles. The highest BCUT2D eigenvalue weighted by molar-refractivity contribution is 6.00. The standard InChI is InChI=1S/C81H106O17/c1-12-17-21-25-29-70(83)57-41-61-49-63-43-58(71(84)30-26-22-18-13-2)45-65(76(63)93-35-38-96-79(88)54(6)7)51-67-47-60(73(86)32-28-24-20-15-4)48-68(78(67)95-37-40-98-81(90)56(10)11)52-66-46-59(72(85)31-27-23-19-14-3)44-64(77(66)94-36-39-97-80(89)55(8)9)50-62(42-57)75(61)92-34-33-91-74(87)53-69(82)16-5/h41-48H,6,8,10,12-40,49-53H2,1-5,7,9,11H3. The number of ketones is 5. The Morgan fingerprint density at radius 2 is 0.541 bits per heavy atom. The van der Waals surface area contributed by atoms with Gasteiger partial charge < -0.3 is 37.9 Å². The zero-order valence-corrected chi connectivity index (χ0v) is 59.7. The highest BCUT2D eigenvalue weighted by Gasteiger charge is 2.28. The SMILES string of the molecule is C=C(C)C(=O)OCCOc1c2cc(C(=O)CCCCCC)cc1Cc1cc(C(=O)CCCCCC)cc(c1OCCOC(=O)C(=C)C)Cc1cc(C(=O)CCCCCC)cc(c1OCCOC(=O)C(=C)C)Cc1cc(C(=O)CCCCCC)cc(c1OCCOC(=O)CC(=O)CC)C2. The summed E-state index contributed by atoms with van der Waals surface area (Å²) in [5.74, 6) is -2.23. The Kier molecular flexibility index (Phi) is 35.2. The molecule has 17 heteroatoms. The molecular formula is C81H106O17. The van der Waals surface area contributed by atoms with Crippen molar-refractivity contribution < 1.29 is 81.0 Å². The Bertz CT molecular complexity index is 3290. The molecule has 532 valence electrons.